The maximum atomic E-state index is 3.74. The summed E-state index contributed by atoms with van der Waals surface area (Å²) in [6, 6.07) is 10.5. The molecule has 1 fully saturated rings. The summed E-state index contributed by atoms with van der Waals surface area (Å²) in [5, 5.41) is 3.74. The van der Waals surface area contributed by atoms with Gasteiger partial charge in [-0.3, -0.25) is 4.90 Å². The summed E-state index contributed by atoms with van der Waals surface area (Å²) in [6.45, 7) is 10.4. The van der Waals surface area contributed by atoms with E-state index in [4.69, 9.17) is 0 Å². The largest absolute Gasteiger partial charge is 0.309 e. The molecule has 0 saturated carbocycles. The normalized spacial score (nSPS) is 20.8. The van der Waals surface area contributed by atoms with E-state index in [2.05, 4.69) is 55.3 Å². The lowest BCUT2D eigenvalue weighted by molar-refractivity contribution is 0.237. The lowest BCUT2D eigenvalue weighted by atomic mass is 10.0. The van der Waals surface area contributed by atoms with Crippen molar-refractivity contribution in [2.75, 3.05) is 19.6 Å². The van der Waals surface area contributed by atoms with Gasteiger partial charge in [-0.05, 0) is 56.8 Å². The predicted octanol–water partition coefficient (Wildman–Crippen LogP) is 4.16. The molecule has 1 aromatic rings. The third-order valence-electron chi connectivity index (χ3n) is 4.67. The molecule has 2 rings (SSSR count). The van der Waals surface area contributed by atoms with Gasteiger partial charge in [-0.15, -0.1) is 0 Å². The first-order valence-corrected chi connectivity index (χ1v) is 8.80. The number of hydrogen-bond donors (Lipinski definition) is 1. The fourth-order valence-electron chi connectivity index (χ4n) is 3.31. The molecule has 1 aliphatic heterocycles. The van der Waals surface area contributed by atoms with Gasteiger partial charge in [0.25, 0.3) is 0 Å². The summed E-state index contributed by atoms with van der Waals surface area (Å²) < 4.78 is 0. The smallest absolute Gasteiger partial charge is 0.0449 e. The third-order valence-corrected chi connectivity index (χ3v) is 4.67. The molecule has 2 nitrogen and oxygen atoms in total. The van der Waals surface area contributed by atoms with Crippen molar-refractivity contribution < 1.29 is 0 Å². The van der Waals surface area contributed by atoms with Gasteiger partial charge in [0, 0.05) is 18.6 Å². The van der Waals surface area contributed by atoms with Crippen molar-refractivity contribution in [1.82, 2.24) is 10.2 Å². The van der Waals surface area contributed by atoms with E-state index in [1.54, 1.807) is 0 Å². The van der Waals surface area contributed by atoms with Gasteiger partial charge in [-0.2, -0.15) is 0 Å². The van der Waals surface area contributed by atoms with Gasteiger partial charge in [-0.25, -0.2) is 0 Å². The fraction of sp³-hybridized carbons (Fsp3) is 0.684. The van der Waals surface area contributed by atoms with Crippen molar-refractivity contribution in [1.29, 1.82) is 0 Å². The third kappa shape index (κ3) is 4.82. The first-order valence-electron chi connectivity index (χ1n) is 8.80. The SMILES string of the molecule is CCCNC(CN1CCCC1C)c1ccc(CCC)cc1. The molecule has 2 unspecified atom stereocenters. The molecule has 0 amide bonds. The molecule has 0 aromatic heterocycles. The summed E-state index contributed by atoms with van der Waals surface area (Å²) in [6.07, 6.45) is 6.33. The van der Waals surface area contributed by atoms with Crippen LogP contribution in [0.4, 0.5) is 0 Å². The molecule has 2 heteroatoms. The monoisotopic (exact) mass is 288 g/mol. The van der Waals surface area contributed by atoms with Crippen molar-refractivity contribution in [3.63, 3.8) is 0 Å². The van der Waals surface area contributed by atoms with Gasteiger partial charge in [0.1, 0.15) is 0 Å². The Balaban J connectivity index is 2.03. The molecule has 1 saturated heterocycles. The van der Waals surface area contributed by atoms with E-state index in [0.717, 1.165) is 19.1 Å². The van der Waals surface area contributed by atoms with E-state index in [1.807, 2.05) is 0 Å². The van der Waals surface area contributed by atoms with Gasteiger partial charge in [0.15, 0.2) is 0 Å². The Morgan fingerprint density at radius 2 is 1.95 bits per heavy atom. The van der Waals surface area contributed by atoms with Crippen LogP contribution in [0.15, 0.2) is 24.3 Å². The van der Waals surface area contributed by atoms with E-state index in [1.165, 1.54) is 49.8 Å². The molecular weight excluding hydrogens is 256 g/mol. The van der Waals surface area contributed by atoms with E-state index in [0.29, 0.717) is 6.04 Å². The highest BCUT2D eigenvalue weighted by Crippen LogP contribution is 2.22. The average Bonchev–Trinajstić information content (AvgIpc) is 2.90. The van der Waals surface area contributed by atoms with Crippen LogP contribution in [0.5, 0.6) is 0 Å². The molecule has 0 radical (unpaired) electrons. The van der Waals surface area contributed by atoms with Crippen molar-refractivity contribution in [2.45, 2.75) is 65.0 Å². The van der Waals surface area contributed by atoms with Crippen molar-refractivity contribution >= 4 is 0 Å². The lowest BCUT2D eigenvalue weighted by Gasteiger charge is -2.28. The molecule has 2 atom stereocenters. The maximum absolute atomic E-state index is 3.74. The Morgan fingerprint density at radius 3 is 2.52 bits per heavy atom. The van der Waals surface area contributed by atoms with E-state index < -0.39 is 0 Å². The Labute approximate surface area is 130 Å². The molecule has 0 bridgehead atoms. The zero-order valence-corrected chi connectivity index (χ0v) is 14.1. The quantitative estimate of drug-likeness (QED) is 0.772. The molecule has 21 heavy (non-hydrogen) atoms. The second kappa shape index (κ2) is 8.55. The maximum Gasteiger partial charge on any atom is 0.0449 e. The van der Waals surface area contributed by atoms with Crippen molar-refractivity contribution in [2.24, 2.45) is 0 Å². The van der Waals surface area contributed by atoms with E-state index in [9.17, 15) is 0 Å². The second-order valence-corrected chi connectivity index (χ2v) is 6.48. The van der Waals surface area contributed by atoms with Crippen LogP contribution in [-0.4, -0.2) is 30.6 Å². The average molecular weight is 288 g/mol. The lowest BCUT2D eigenvalue weighted by Crippen LogP contribution is -2.37. The van der Waals surface area contributed by atoms with Crippen LogP contribution in [0.1, 0.15) is 63.6 Å². The van der Waals surface area contributed by atoms with E-state index >= 15 is 0 Å². The molecule has 118 valence electrons. The minimum atomic E-state index is 0.473. The zero-order chi connectivity index (χ0) is 15.1. The van der Waals surface area contributed by atoms with Gasteiger partial charge in [0.05, 0.1) is 0 Å². The summed E-state index contributed by atoms with van der Waals surface area (Å²) in [5.41, 5.74) is 2.91. The summed E-state index contributed by atoms with van der Waals surface area (Å²) in [4.78, 5) is 2.65. The highest BCUT2D eigenvalue weighted by atomic mass is 15.2. The number of nitrogens with zero attached hydrogens (tertiary/aromatic N) is 1. The summed E-state index contributed by atoms with van der Waals surface area (Å²) in [5.74, 6) is 0. The highest BCUT2D eigenvalue weighted by molar-refractivity contribution is 5.25. The van der Waals surface area contributed by atoms with Crippen LogP contribution in [0.2, 0.25) is 0 Å². The van der Waals surface area contributed by atoms with Gasteiger partial charge in [0.2, 0.25) is 0 Å². The van der Waals surface area contributed by atoms with Crippen LogP contribution in [0, 0.1) is 0 Å². The van der Waals surface area contributed by atoms with Gasteiger partial charge >= 0.3 is 0 Å². The molecule has 1 aromatic carbocycles. The van der Waals surface area contributed by atoms with Crippen molar-refractivity contribution in [3.05, 3.63) is 35.4 Å². The molecule has 1 heterocycles. The second-order valence-electron chi connectivity index (χ2n) is 6.48. The summed E-state index contributed by atoms with van der Waals surface area (Å²) >= 11 is 0. The zero-order valence-electron chi connectivity index (χ0n) is 14.1. The topological polar surface area (TPSA) is 15.3 Å². The molecule has 1 aliphatic rings. The number of aryl methyl sites for hydroxylation is 1. The van der Waals surface area contributed by atoms with Crippen LogP contribution < -0.4 is 5.32 Å². The van der Waals surface area contributed by atoms with Crippen LogP contribution in [-0.2, 0) is 6.42 Å². The summed E-state index contributed by atoms with van der Waals surface area (Å²) in [7, 11) is 0. The fourth-order valence-corrected chi connectivity index (χ4v) is 3.31. The number of rotatable bonds is 8. The van der Waals surface area contributed by atoms with Crippen molar-refractivity contribution in [3.8, 4) is 0 Å². The Bertz CT molecular complexity index is 399. The number of benzene rings is 1. The molecule has 0 spiro atoms. The molecule has 1 N–H and O–H groups in total. The Hall–Kier alpha value is -0.860. The van der Waals surface area contributed by atoms with Gasteiger partial charge < -0.3 is 5.32 Å². The van der Waals surface area contributed by atoms with E-state index in [-0.39, 0.29) is 0 Å². The minimum absolute atomic E-state index is 0.473. The minimum Gasteiger partial charge on any atom is -0.309 e. The number of nitrogens with one attached hydrogen (secondary N) is 1. The number of likely N-dealkylation sites (tertiary alicyclic amines) is 1. The van der Waals surface area contributed by atoms with Gasteiger partial charge in [-0.1, -0.05) is 44.5 Å². The Morgan fingerprint density at radius 1 is 1.19 bits per heavy atom. The van der Waals surface area contributed by atoms with Crippen LogP contribution >= 0.6 is 0 Å². The number of hydrogen-bond acceptors (Lipinski definition) is 2. The first kappa shape index (κ1) is 16.5. The molecular formula is C19H32N2. The standard InChI is InChI=1S/C19H32N2/c1-4-7-17-9-11-18(12-10-17)19(20-13-5-2)15-21-14-6-8-16(21)3/h9-12,16,19-20H,4-8,13-15H2,1-3H3. The van der Waals surface area contributed by atoms with Crippen LogP contribution in [0.3, 0.4) is 0 Å². The van der Waals surface area contributed by atoms with Crippen LogP contribution in [0.25, 0.3) is 0 Å². The highest BCUT2D eigenvalue weighted by Gasteiger charge is 2.23. The first-order chi connectivity index (χ1) is 10.2. The Kier molecular flexibility index (Phi) is 6.72. The molecule has 0 aliphatic carbocycles. The predicted molar refractivity (Wildman–Crippen MR) is 91.7 cm³/mol.